The summed E-state index contributed by atoms with van der Waals surface area (Å²) in [6, 6.07) is 0. The van der Waals surface area contributed by atoms with Crippen molar-refractivity contribution >= 4 is 11.8 Å². The predicted molar refractivity (Wildman–Crippen MR) is 70.3 cm³/mol. The number of Topliss-reactive ketones (excluding diaryl/α,β-unsaturated/α-hetero) is 1. The number of hydrogen-bond acceptors (Lipinski definition) is 4. The third kappa shape index (κ3) is 3.13. The summed E-state index contributed by atoms with van der Waals surface area (Å²) >= 11 is 0. The van der Waals surface area contributed by atoms with Gasteiger partial charge in [-0.25, -0.2) is 4.79 Å². The fraction of sp³-hybridized carbons (Fsp3) is 0.600. The second-order valence-corrected chi connectivity index (χ2v) is 5.64. The third-order valence-electron chi connectivity index (χ3n) is 3.61. The van der Waals surface area contributed by atoms with E-state index in [2.05, 4.69) is 13.8 Å². The standard InChI is InChI=1S/C15H20O4/c1-9(2)5-12-7-13(15(18)19-12)10-3-4-11(8-16)14(17)6-10/h4,7,9-10,12,16H,3,5-6,8H2,1-2H3/t10-,12+/m1/s1. The zero-order valence-corrected chi connectivity index (χ0v) is 11.4. The minimum absolute atomic E-state index is 0.0697. The molecule has 1 heterocycles. The normalized spacial score (nSPS) is 27.4. The van der Waals surface area contributed by atoms with Gasteiger partial charge in [0.1, 0.15) is 6.10 Å². The number of allylic oxidation sites excluding steroid dienone is 1. The minimum atomic E-state index is -0.288. The van der Waals surface area contributed by atoms with E-state index in [0.29, 0.717) is 29.9 Å². The van der Waals surface area contributed by atoms with Crippen molar-refractivity contribution in [3.8, 4) is 0 Å². The SMILES string of the molecule is CC(C)C[C@H]1C=C([C@@H]2CC=C(CO)C(=O)C2)C(=O)O1. The summed E-state index contributed by atoms with van der Waals surface area (Å²) in [7, 11) is 0. The highest BCUT2D eigenvalue weighted by Crippen LogP contribution is 2.32. The van der Waals surface area contributed by atoms with Gasteiger partial charge in [-0.1, -0.05) is 19.9 Å². The first-order valence-corrected chi connectivity index (χ1v) is 6.77. The Morgan fingerprint density at radius 1 is 1.42 bits per heavy atom. The van der Waals surface area contributed by atoms with Crippen LogP contribution >= 0.6 is 0 Å². The summed E-state index contributed by atoms with van der Waals surface area (Å²) in [6.45, 7) is 3.95. The number of aliphatic hydroxyl groups is 1. The van der Waals surface area contributed by atoms with Crippen LogP contribution in [-0.2, 0) is 14.3 Å². The van der Waals surface area contributed by atoms with E-state index in [1.165, 1.54) is 0 Å². The van der Waals surface area contributed by atoms with Gasteiger partial charge in [-0.05, 0) is 24.8 Å². The summed E-state index contributed by atoms with van der Waals surface area (Å²) in [5.41, 5.74) is 1.09. The van der Waals surface area contributed by atoms with Crippen molar-refractivity contribution in [1.82, 2.24) is 0 Å². The van der Waals surface area contributed by atoms with Crippen molar-refractivity contribution in [3.63, 3.8) is 0 Å². The van der Waals surface area contributed by atoms with Gasteiger partial charge in [0.25, 0.3) is 0 Å². The molecule has 2 atom stereocenters. The van der Waals surface area contributed by atoms with Crippen molar-refractivity contribution in [2.75, 3.05) is 6.61 Å². The Labute approximate surface area is 113 Å². The fourth-order valence-corrected chi connectivity index (χ4v) is 2.62. The lowest BCUT2D eigenvalue weighted by atomic mass is 9.83. The molecule has 1 N–H and O–H groups in total. The monoisotopic (exact) mass is 264 g/mol. The van der Waals surface area contributed by atoms with Crippen molar-refractivity contribution in [3.05, 3.63) is 23.3 Å². The van der Waals surface area contributed by atoms with Crippen molar-refractivity contribution in [2.45, 2.75) is 39.2 Å². The van der Waals surface area contributed by atoms with Crippen molar-refractivity contribution < 1.29 is 19.4 Å². The Bertz CT molecular complexity index is 445. The van der Waals surface area contributed by atoms with E-state index in [4.69, 9.17) is 9.84 Å². The van der Waals surface area contributed by atoms with Gasteiger partial charge < -0.3 is 9.84 Å². The zero-order chi connectivity index (χ0) is 14.0. The smallest absolute Gasteiger partial charge is 0.334 e. The Morgan fingerprint density at radius 3 is 2.74 bits per heavy atom. The molecule has 0 radical (unpaired) electrons. The number of esters is 1. The number of ketones is 1. The molecule has 0 saturated carbocycles. The molecule has 0 aromatic heterocycles. The van der Waals surface area contributed by atoms with Gasteiger partial charge in [-0.15, -0.1) is 0 Å². The van der Waals surface area contributed by atoms with Crippen LogP contribution in [0.1, 0.15) is 33.1 Å². The number of carbonyl (C=O) groups excluding carboxylic acids is 2. The summed E-state index contributed by atoms with van der Waals surface area (Å²) in [6.07, 6.45) is 5.19. The number of aliphatic hydroxyl groups excluding tert-OH is 1. The van der Waals surface area contributed by atoms with E-state index < -0.39 is 0 Å². The third-order valence-corrected chi connectivity index (χ3v) is 3.61. The zero-order valence-electron chi connectivity index (χ0n) is 11.4. The van der Waals surface area contributed by atoms with Crippen LogP contribution in [0.25, 0.3) is 0 Å². The molecule has 4 heteroatoms. The molecule has 0 aromatic carbocycles. The van der Waals surface area contributed by atoms with E-state index in [9.17, 15) is 9.59 Å². The lowest BCUT2D eigenvalue weighted by molar-refractivity contribution is -0.140. The highest BCUT2D eigenvalue weighted by atomic mass is 16.5. The molecule has 104 valence electrons. The number of hydrogen-bond donors (Lipinski definition) is 1. The van der Waals surface area contributed by atoms with E-state index in [0.717, 1.165) is 6.42 Å². The average molecular weight is 264 g/mol. The fourth-order valence-electron chi connectivity index (χ4n) is 2.62. The molecule has 1 aliphatic heterocycles. The van der Waals surface area contributed by atoms with Gasteiger partial charge in [-0.3, -0.25) is 4.79 Å². The van der Waals surface area contributed by atoms with Crippen LogP contribution in [0.15, 0.2) is 23.3 Å². The van der Waals surface area contributed by atoms with E-state index in [-0.39, 0.29) is 30.4 Å². The largest absolute Gasteiger partial charge is 0.455 e. The summed E-state index contributed by atoms with van der Waals surface area (Å²) in [5.74, 6) is 0.0128. The maximum Gasteiger partial charge on any atom is 0.334 e. The molecule has 19 heavy (non-hydrogen) atoms. The molecular weight excluding hydrogens is 244 g/mol. The van der Waals surface area contributed by atoms with Gasteiger partial charge in [0.05, 0.1) is 6.61 Å². The quantitative estimate of drug-likeness (QED) is 0.786. The number of cyclic esters (lactones) is 1. The minimum Gasteiger partial charge on any atom is -0.455 e. The molecule has 2 aliphatic rings. The predicted octanol–water partition coefficient (Wildman–Crippen LogP) is 1.78. The van der Waals surface area contributed by atoms with Crippen LogP contribution in [0, 0.1) is 11.8 Å². The van der Waals surface area contributed by atoms with Crippen LogP contribution in [0.2, 0.25) is 0 Å². The molecule has 0 spiro atoms. The van der Waals surface area contributed by atoms with Gasteiger partial charge in [-0.2, -0.15) is 0 Å². The molecule has 0 unspecified atom stereocenters. The van der Waals surface area contributed by atoms with E-state index in [1.807, 2.05) is 6.08 Å². The molecular formula is C15H20O4. The molecule has 0 amide bonds. The molecule has 0 saturated heterocycles. The second kappa shape index (κ2) is 5.70. The Balaban J connectivity index is 2.08. The van der Waals surface area contributed by atoms with Crippen LogP contribution in [-0.4, -0.2) is 29.6 Å². The average Bonchev–Trinajstić information content (AvgIpc) is 2.69. The highest BCUT2D eigenvalue weighted by Gasteiger charge is 2.34. The van der Waals surface area contributed by atoms with Gasteiger partial charge in [0.2, 0.25) is 0 Å². The highest BCUT2D eigenvalue weighted by molar-refractivity contribution is 5.99. The lowest BCUT2D eigenvalue weighted by Gasteiger charge is -2.19. The van der Waals surface area contributed by atoms with Crippen LogP contribution in [0.5, 0.6) is 0 Å². The topological polar surface area (TPSA) is 63.6 Å². The van der Waals surface area contributed by atoms with Gasteiger partial charge in [0, 0.05) is 23.5 Å². The van der Waals surface area contributed by atoms with E-state index >= 15 is 0 Å². The molecule has 0 fully saturated rings. The summed E-state index contributed by atoms with van der Waals surface area (Å²) in [5, 5.41) is 9.01. The first-order valence-electron chi connectivity index (χ1n) is 6.77. The summed E-state index contributed by atoms with van der Waals surface area (Å²) in [4.78, 5) is 23.6. The van der Waals surface area contributed by atoms with Crippen molar-refractivity contribution in [1.29, 1.82) is 0 Å². The molecule has 0 bridgehead atoms. The summed E-state index contributed by atoms with van der Waals surface area (Å²) < 4.78 is 5.31. The van der Waals surface area contributed by atoms with Gasteiger partial charge >= 0.3 is 5.97 Å². The lowest BCUT2D eigenvalue weighted by Crippen LogP contribution is -2.21. The molecule has 2 rings (SSSR count). The Hall–Kier alpha value is -1.42. The first kappa shape index (κ1) is 14.0. The van der Waals surface area contributed by atoms with Crippen LogP contribution in [0.4, 0.5) is 0 Å². The molecule has 4 nitrogen and oxygen atoms in total. The Kier molecular flexibility index (Phi) is 4.20. The van der Waals surface area contributed by atoms with Gasteiger partial charge in [0.15, 0.2) is 5.78 Å². The Morgan fingerprint density at radius 2 is 2.16 bits per heavy atom. The second-order valence-electron chi connectivity index (χ2n) is 5.64. The first-order chi connectivity index (χ1) is 9.01. The van der Waals surface area contributed by atoms with Crippen molar-refractivity contribution in [2.24, 2.45) is 11.8 Å². The number of carbonyl (C=O) groups is 2. The maximum atomic E-state index is 11.9. The number of rotatable bonds is 4. The number of ether oxygens (including phenoxy) is 1. The molecule has 0 aromatic rings. The van der Waals surface area contributed by atoms with E-state index in [1.54, 1.807) is 6.08 Å². The molecule has 1 aliphatic carbocycles. The van der Waals surface area contributed by atoms with Crippen LogP contribution < -0.4 is 0 Å². The maximum absolute atomic E-state index is 11.9. The van der Waals surface area contributed by atoms with Crippen LogP contribution in [0.3, 0.4) is 0 Å².